The van der Waals surface area contributed by atoms with Gasteiger partial charge in [-0.2, -0.15) is 0 Å². The Balaban J connectivity index is 0.00000288. The number of hydrogen-bond donors (Lipinski definition) is 2. The molecule has 1 aromatic rings. The minimum atomic E-state index is -0.262. The van der Waals surface area contributed by atoms with Gasteiger partial charge in [0.1, 0.15) is 0 Å². The van der Waals surface area contributed by atoms with Crippen molar-refractivity contribution >= 4 is 18.3 Å². The summed E-state index contributed by atoms with van der Waals surface area (Å²) in [5.41, 5.74) is 0.897. The number of hydrogen-bond acceptors (Lipinski definition) is 4. The number of rotatable bonds is 8. The summed E-state index contributed by atoms with van der Waals surface area (Å²) < 4.78 is 11.3. The molecular weight excluding hydrogens is 328 g/mol. The SMILES string of the molecule is CCOc1cc(CNC2CC2)ccc1OCC(=O)NC(C)(C)C.Cl. The van der Waals surface area contributed by atoms with Gasteiger partial charge in [-0.05, 0) is 58.2 Å². The highest BCUT2D eigenvalue weighted by atomic mass is 35.5. The third-order valence-electron chi connectivity index (χ3n) is 3.35. The van der Waals surface area contributed by atoms with Gasteiger partial charge in [0.15, 0.2) is 18.1 Å². The van der Waals surface area contributed by atoms with Crippen LogP contribution in [0, 0.1) is 0 Å². The van der Waals surface area contributed by atoms with Crippen LogP contribution in [-0.4, -0.2) is 30.7 Å². The summed E-state index contributed by atoms with van der Waals surface area (Å²) in [5.74, 6) is 1.15. The number of halogens is 1. The van der Waals surface area contributed by atoms with Crippen molar-refractivity contribution < 1.29 is 14.3 Å². The molecule has 0 aliphatic heterocycles. The summed E-state index contributed by atoms with van der Waals surface area (Å²) >= 11 is 0. The van der Waals surface area contributed by atoms with Crippen molar-refractivity contribution in [1.29, 1.82) is 0 Å². The standard InChI is InChI=1S/C18H28N2O3.ClH/c1-5-22-16-10-13(11-19-14-7-8-14)6-9-15(16)23-12-17(21)20-18(2,3)4;/h6,9-10,14,19H,5,7-8,11-12H2,1-4H3,(H,20,21);1H. The highest BCUT2D eigenvalue weighted by Crippen LogP contribution is 2.29. The summed E-state index contributed by atoms with van der Waals surface area (Å²) in [7, 11) is 0. The maximum atomic E-state index is 11.9. The molecule has 1 aromatic carbocycles. The number of amides is 1. The van der Waals surface area contributed by atoms with Crippen LogP contribution >= 0.6 is 12.4 Å². The average Bonchev–Trinajstić information content (AvgIpc) is 3.27. The number of carbonyl (C=O) groups is 1. The van der Waals surface area contributed by atoms with E-state index in [1.165, 1.54) is 12.8 Å². The molecule has 1 saturated carbocycles. The second-order valence-electron chi connectivity index (χ2n) is 6.96. The molecular formula is C18H29ClN2O3. The van der Waals surface area contributed by atoms with Crippen molar-refractivity contribution in [2.24, 2.45) is 0 Å². The number of nitrogens with one attached hydrogen (secondary N) is 2. The first-order chi connectivity index (χ1) is 10.9. The number of carbonyl (C=O) groups excluding carboxylic acids is 1. The Hall–Kier alpha value is -1.46. The minimum Gasteiger partial charge on any atom is -0.490 e. The Kier molecular flexibility index (Phi) is 7.84. The van der Waals surface area contributed by atoms with Gasteiger partial charge in [-0.3, -0.25) is 4.79 Å². The summed E-state index contributed by atoms with van der Waals surface area (Å²) in [6.45, 7) is 9.14. The van der Waals surface area contributed by atoms with Crippen LogP contribution in [0.1, 0.15) is 46.1 Å². The zero-order valence-corrected chi connectivity index (χ0v) is 15.8. The summed E-state index contributed by atoms with van der Waals surface area (Å²) in [5, 5.41) is 6.35. The van der Waals surface area contributed by atoms with Crippen molar-refractivity contribution in [3.63, 3.8) is 0 Å². The van der Waals surface area contributed by atoms with Gasteiger partial charge in [0.25, 0.3) is 5.91 Å². The zero-order valence-electron chi connectivity index (χ0n) is 15.0. The van der Waals surface area contributed by atoms with E-state index in [1.54, 1.807) is 0 Å². The Morgan fingerprint density at radius 1 is 1.21 bits per heavy atom. The molecule has 1 fully saturated rings. The van der Waals surface area contributed by atoms with Gasteiger partial charge in [-0.25, -0.2) is 0 Å². The number of ether oxygens (including phenoxy) is 2. The van der Waals surface area contributed by atoms with Crippen molar-refractivity contribution in [3.05, 3.63) is 23.8 Å². The fraction of sp³-hybridized carbons (Fsp3) is 0.611. The van der Waals surface area contributed by atoms with E-state index in [0.29, 0.717) is 24.1 Å². The van der Waals surface area contributed by atoms with E-state index in [9.17, 15) is 4.79 Å². The topological polar surface area (TPSA) is 59.6 Å². The van der Waals surface area contributed by atoms with Crippen molar-refractivity contribution in [1.82, 2.24) is 10.6 Å². The van der Waals surface area contributed by atoms with Crippen LogP contribution in [0.25, 0.3) is 0 Å². The third-order valence-corrected chi connectivity index (χ3v) is 3.35. The zero-order chi connectivity index (χ0) is 16.9. The quantitative estimate of drug-likeness (QED) is 0.751. The molecule has 0 spiro atoms. The van der Waals surface area contributed by atoms with Crippen LogP contribution in [0.4, 0.5) is 0 Å². The molecule has 2 rings (SSSR count). The lowest BCUT2D eigenvalue weighted by Gasteiger charge is -2.21. The Morgan fingerprint density at radius 2 is 1.92 bits per heavy atom. The first-order valence-electron chi connectivity index (χ1n) is 8.30. The predicted molar refractivity (Wildman–Crippen MR) is 98.1 cm³/mol. The molecule has 0 unspecified atom stereocenters. The monoisotopic (exact) mass is 356 g/mol. The second-order valence-corrected chi connectivity index (χ2v) is 6.96. The van der Waals surface area contributed by atoms with E-state index in [0.717, 1.165) is 12.1 Å². The maximum absolute atomic E-state index is 11.9. The molecule has 0 bridgehead atoms. The van der Waals surface area contributed by atoms with Gasteiger partial charge < -0.3 is 20.1 Å². The van der Waals surface area contributed by atoms with Gasteiger partial charge in [-0.1, -0.05) is 6.07 Å². The van der Waals surface area contributed by atoms with Crippen LogP contribution in [0.5, 0.6) is 11.5 Å². The van der Waals surface area contributed by atoms with Crippen molar-refractivity contribution in [2.45, 2.75) is 58.7 Å². The average molecular weight is 357 g/mol. The molecule has 24 heavy (non-hydrogen) atoms. The highest BCUT2D eigenvalue weighted by Gasteiger charge is 2.20. The molecule has 0 atom stereocenters. The van der Waals surface area contributed by atoms with Crippen LogP contribution in [0.15, 0.2) is 18.2 Å². The highest BCUT2D eigenvalue weighted by molar-refractivity contribution is 5.85. The van der Waals surface area contributed by atoms with Crippen LogP contribution in [0.3, 0.4) is 0 Å². The lowest BCUT2D eigenvalue weighted by Crippen LogP contribution is -2.43. The maximum Gasteiger partial charge on any atom is 0.258 e. The fourth-order valence-corrected chi connectivity index (χ4v) is 2.20. The van der Waals surface area contributed by atoms with E-state index in [4.69, 9.17) is 9.47 Å². The normalized spacial score (nSPS) is 13.8. The molecule has 136 valence electrons. The lowest BCUT2D eigenvalue weighted by atomic mass is 10.1. The van der Waals surface area contributed by atoms with Crippen molar-refractivity contribution in [3.8, 4) is 11.5 Å². The summed E-state index contributed by atoms with van der Waals surface area (Å²) in [6, 6.07) is 6.53. The van der Waals surface area contributed by atoms with E-state index >= 15 is 0 Å². The first-order valence-corrected chi connectivity index (χ1v) is 8.30. The molecule has 2 N–H and O–H groups in total. The fourth-order valence-electron chi connectivity index (χ4n) is 2.20. The van der Waals surface area contributed by atoms with E-state index < -0.39 is 0 Å². The largest absolute Gasteiger partial charge is 0.490 e. The van der Waals surface area contributed by atoms with Gasteiger partial charge in [0, 0.05) is 18.1 Å². The van der Waals surface area contributed by atoms with E-state index in [2.05, 4.69) is 10.6 Å². The Morgan fingerprint density at radius 3 is 2.50 bits per heavy atom. The van der Waals surface area contributed by atoms with Crippen molar-refractivity contribution in [2.75, 3.05) is 13.2 Å². The van der Waals surface area contributed by atoms with Gasteiger partial charge in [0.05, 0.1) is 6.61 Å². The minimum absolute atomic E-state index is 0. The van der Waals surface area contributed by atoms with Crippen LogP contribution < -0.4 is 20.1 Å². The third kappa shape index (κ3) is 7.41. The molecule has 1 aliphatic carbocycles. The molecule has 0 aromatic heterocycles. The van der Waals surface area contributed by atoms with Crippen LogP contribution in [-0.2, 0) is 11.3 Å². The van der Waals surface area contributed by atoms with E-state index in [1.807, 2.05) is 45.9 Å². The molecule has 0 saturated heterocycles. The lowest BCUT2D eigenvalue weighted by molar-refractivity contribution is -0.124. The first kappa shape index (κ1) is 20.6. The predicted octanol–water partition coefficient (Wildman–Crippen LogP) is 3.05. The molecule has 0 heterocycles. The number of benzene rings is 1. The van der Waals surface area contributed by atoms with E-state index in [-0.39, 0.29) is 30.5 Å². The Bertz CT molecular complexity index is 540. The van der Waals surface area contributed by atoms with Gasteiger partial charge >= 0.3 is 0 Å². The molecule has 5 nitrogen and oxygen atoms in total. The smallest absolute Gasteiger partial charge is 0.258 e. The molecule has 0 radical (unpaired) electrons. The van der Waals surface area contributed by atoms with Crippen LogP contribution in [0.2, 0.25) is 0 Å². The summed E-state index contributed by atoms with van der Waals surface area (Å²) in [6.07, 6.45) is 2.53. The Labute approximate surface area is 150 Å². The van der Waals surface area contributed by atoms with Gasteiger partial charge in [0.2, 0.25) is 0 Å². The molecule has 6 heteroatoms. The van der Waals surface area contributed by atoms with Gasteiger partial charge in [-0.15, -0.1) is 12.4 Å². The summed E-state index contributed by atoms with van der Waals surface area (Å²) in [4.78, 5) is 11.9. The molecule has 1 aliphatic rings. The second kappa shape index (κ2) is 9.14. The molecule has 1 amide bonds.